The zero-order valence-corrected chi connectivity index (χ0v) is 11.8. The van der Waals surface area contributed by atoms with Gasteiger partial charge in [-0.2, -0.15) is 19.3 Å². The van der Waals surface area contributed by atoms with Crippen LogP contribution in [0.2, 0.25) is 0 Å². The average molecular weight is 235 g/mol. The fraction of sp³-hybridized carbons (Fsp3) is 0.750. The minimum atomic E-state index is 0. The van der Waals surface area contributed by atoms with Gasteiger partial charge in [0.2, 0.25) is 0 Å². The van der Waals surface area contributed by atoms with E-state index in [1.807, 2.05) is 0 Å². The SMILES string of the molecule is [CH2-]CCC.[CH2-]CCC.[CH2-]CCC.[O-2].[Ti+2]. The number of hydrogen-bond acceptors (Lipinski definition) is 0. The summed E-state index contributed by atoms with van der Waals surface area (Å²) in [5, 5.41) is 0. The summed E-state index contributed by atoms with van der Waals surface area (Å²) in [6, 6.07) is 0. The molecule has 0 atom stereocenters. The molecule has 2 heteroatoms. The second-order valence-electron chi connectivity index (χ2n) is 2.56. The Balaban J connectivity index is -0.0000000270. The van der Waals surface area contributed by atoms with Crippen LogP contribution in [0.15, 0.2) is 0 Å². The van der Waals surface area contributed by atoms with Gasteiger partial charge in [0.1, 0.15) is 0 Å². The van der Waals surface area contributed by atoms with E-state index in [4.69, 9.17) is 0 Å². The summed E-state index contributed by atoms with van der Waals surface area (Å²) in [7, 11) is 0. The zero-order chi connectivity index (χ0) is 10.2. The molecule has 0 heterocycles. The third kappa shape index (κ3) is 128. The first-order valence-electron chi connectivity index (χ1n) is 5.12. The predicted octanol–water partition coefficient (Wildman–Crippen LogP) is 4.74. The van der Waals surface area contributed by atoms with Crippen LogP contribution < -0.4 is 0 Å². The molecule has 0 aromatic rings. The van der Waals surface area contributed by atoms with Crippen LogP contribution in [0.5, 0.6) is 0 Å². The van der Waals surface area contributed by atoms with Gasteiger partial charge in [-0.1, -0.05) is 40.0 Å². The molecule has 0 unspecified atom stereocenters. The summed E-state index contributed by atoms with van der Waals surface area (Å²) < 4.78 is 0. The van der Waals surface area contributed by atoms with Gasteiger partial charge in [-0.3, -0.25) is 0 Å². The summed E-state index contributed by atoms with van der Waals surface area (Å²) in [5.41, 5.74) is 0. The fourth-order valence-electron chi connectivity index (χ4n) is 0. The normalized spacial score (nSPS) is 6.43. The first kappa shape index (κ1) is 29.3. The van der Waals surface area contributed by atoms with Crippen LogP contribution in [0.3, 0.4) is 0 Å². The molecule has 0 spiro atoms. The van der Waals surface area contributed by atoms with E-state index in [2.05, 4.69) is 41.5 Å². The molecule has 14 heavy (non-hydrogen) atoms. The van der Waals surface area contributed by atoms with Crippen molar-refractivity contribution in [2.45, 2.75) is 59.3 Å². The predicted molar refractivity (Wildman–Crippen MR) is 61.5 cm³/mol. The van der Waals surface area contributed by atoms with Crippen molar-refractivity contribution in [1.29, 1.82) is 0 Å². The average Bonchev–Trinajstić information content (AvgIpc) is 2.18. The molecular formula is C12H27OTi-3. The molecule has 0 saturated carbocycles. The second kappa shape index (κ2) is 49.3. The van der Waals surface area contributed by atoms with Crippen LogP contribution in [0.4, 0.5) is 0 Å². The van der Waals surface area contributed by atoms with Gasteiger partial charge in [-0.15, -0.1) is 0 Å². The molecule has 0 fully saturated rings. The Hall–Kier alpha value is 0.674. The number of hydrogen-bond donors (Lipinski definition) is 0. The second-order valence-corrected chi connectivity index (χ2v) is 2.56. The van der Waals surface area contributed by atoms with Crippen LogP contribution in [-0.2, 0) is 27.2 Å². The number of unbranched alkanes of at least 4 members (excludes halogenated alkanes) is 3. The third-order valence-corrected chi connectivity index (χ3v) is 1.06. The minimum absolute atomic E-state index is 0. The van der Waals surface area contributed by atoms with Gasteiger partial charge < -0.3 is 26.2 Å². The first-order valence-corrected chi connectivity index (χ1v) is 5.12. The van der Waals surface area contributed by atoms with Gasteiger partial charge in [0.05, 0.1) is 0 Å². The summed E-state index contributed by atoms with van der Waals surface area (Å²) in [4.78, 5) is 0. The molecule has 0 rings (SSSR count). The Labute approximate surface area is 107 Å². The molecule has 88 valence electrons. The fourth-order valence-corrected chi connectivity index (χ4v) is 0. The van der Waals surface area contributed by atoms with Gasteiger partial charge in [-0.25, -0.2) is 0 Å². The zero-order valence-electron chi connectivity index (χ0n) is 10.3. The molecule has 0 aromatic heterocycles. The van der Waals surface area contributed by atoms with E-state index in [0.29, 0.717) is 0 Å². The molecule has 0 saturated heterocycles. The van der Waals surface area contributed by atoms with E-state index >= 15 is 0 Å². The molecule has 0 bridgehead atoms. The van der Waals surface area contributed by atoms with E-state index < -0.39 is 0 Å². The van der Waals surface area contributed by atoms with Crippen LogP contribution in [-0.4, -0.2) is 0 Å². The van der Waals surface area contributed by atoms with Crippen molar-refractivity contribution in [3.8, 4) is 0 Å². The largest absolute Gasteiger partial charge is 2.00 e. The van der Waals surface area contributed by atoms with Crippen molar-refractivity contribution >= 4 is 0 Å². The smallest absolute Gasteiger partial charge is 2.00 e. The molecular weight excluding hydrogens is 208 g/mol. The van der Waals surface area contributed by atoms with Crippen LogP contribution in [0, 0.1) is 20.8 Å². The Morgan fingerprint density at radius 2 is 0.714 bits per heavy atom. The van der Waals surface area contributed by atoms with Crippen LogP contribution in [0.25, 0.3) is 0 Å². The van der Waals surface area contributed by atoms with Gasteiger partial charge >= 0.3 is 21.7 Å². The molecule has 0 radical (unpaired) electrons. The quantitative estimate of drug-likeness (QED) is 0.499. The maximum atomic E-state index is 3.60. The van der Waals surface area contributed by atoms with E-state index in [1.165, 1.54) is 19.3 Å². The van der Waals surface area contributed by atoms with Crippen molar-refractivity contribution in [2.75, 3.05) is 0 Å². The van der Waals surface area contributed by atoms with Crippen molar-refractivity contribution < 1.29 is 27.2 Å². The monoisotopic (exact) mass is 235 g/mol. The van der Waals surface area contributed by atoms with E-state index in [9.17, 15) is 0 Å². The molecule has 0 amide bonds. The van der Waals surface area contributed by atoms with Crippen LogP contribution in [0.1, 0.15) is 59.3 Å². The maximum absolute atomic E-state index is 3.60. The minimum Gasteiger partial charge on any atom is -2.00 e. The number of rotatable bonds is 3. The van der Waals surface area contributed by atoms with Crippen molar-refractivity contribution in [3.05, 3.63) is 20.8 Å². The Morgan fingerprint density at radius 3 is 0.714 bits per heavy atom. The Bertz CT molecular complexity index is 25.8. The topological polar surface area (TPSA) is 28.5 Å². The molecule has 0 N–H and O–H groups in total. The first-order chi connectivity index (χ1) is 5.74. The summed E-state index contributed by atoms with van der Waals surface area (Å²) in [6.45, 7) is 17.2. The summed E-state index contributed by atoms with van der Waals surface area (Å²) in [5.74, 6) is 0. The summed E-state index contributed by atoms with van der Waals surface area (Å²) in [6.07, 6.45) is 6.83. The van der Waals surface area contributed by atoms with Crippen molar-refractivity contribution in [1.82, 2.24) is 0 Å². The van der Waals surface area contributed by atoms with Gasteiger partial charge in [0.15, 0.2) is 0 Å². The molecule has 0 aliphatic carbocycles. The van der Waals surface area contributed by atoms with Crippen LogP contribution >= 0.6 is 0 Å². The van der Waals surface area contributed by atoms with E-state index in [0.717, 1.165) is 19.3 Å². The third-order valence-electron chi connectivity index (χ3n) is 1.06. The molecule has 1 nitrogen and oxygen atoms in total. The molecule has 0 aromatic carbocycles. The molecule has 0 aliphatic heterocycles. The van der Waals surface area contributed by atoms with Gasteiger partial charge in [-0.05, 0) is 0 Å². The van der Waals surface area contributed by atoms with E-state index in [-0.39, 0.29) is 27.2 Å². The standard InChI is InChI=1S/3C4H9.O.Ti/c3*1-3-4-2;;/h3*1,3-4H2,2H3;;/q3*-1;-2;+2. The Morgan fingerprint density at radius 1 is 0.643 bits per heavy atom. The Kier molecular flexibility index (Phi) is 103. The van der Waals surface area contributed by atoms with Crippen molar-refractivity contribution in [2.24, 2.45) is 0 Å². The van der Waals surface area contributed by atoms with Gasteiger partial charge in [0, 0.05) is 0 Å². The summed E-state index contributed by atoms with van der Waals surface area (Å²) >= 11 is 0. The van der Waals surface area contributed by atoms with E-state index in [1.54, 1.807) is 0 Å². The maximum Gasteiger partial charge on any atom is 2.00 e. The van der Waals surface area contributed by atoms with Crippen molar-refractivity contribution in [3.63, 3.8) is 0 Å². The van der Waals surface area contributed by atoms with Gasteiger partial charge in [0.25, 0.3) is 0 Å². The molecule has 0 aliphatic rings.